The van der Waals surface area contributed by atoms with Crippen LogP contribution in [0, 0.1) is 11.3 Å². The van der Waals surface area contributed by atoms with Crippen molar-refractivity contribution in [1.82, 2.24) is 0 Å². The predicted octanol–water partition coefficient (Wildman–Crippen LogP) is 2.25. The van der Waals surface area contributed by atoms with Crippen LogP contribution in [0.1, 0.15) is 5.56 Å². The third-order valence-corrected chi connectivity index (χ3v) is 1.69. The van der Waals surface area contributed by atoms with E-state index >= 15 is 0 Å². The fourth-order valence-electron chi connectivity index (χ4n) is 0.761. The Labute approximate surface area is 70.4 Å². The normalized spacial score (nSPS) is 8.82. The lowest BCUT2D eigenvalue weighted by Crippen LogP contribution is -1.87. The summed E-state index contributed by atoms with van der Waals surface area (Å²) in [4.78, 5) is 0. The minimum Gasteiger partial charge on any atom is -0.388 e. The molecule has 1 N–H and O–H groups in total. The second-order valence-electron chi connectivity index (χ2n) is 2.06. The van der Waals surface area contributed by atoms with Crippen molar-refractivity contribution in [2.45, 2.75) is 0 Å². The van der Waals surface area contributed by atoms with Crippen LogP contribution in [0.3, 0.4) is 0 Å². The van der Waals surface area contributed by atoms with Crippen molar-refractivity contribution in [3.63, 3.8) is 0 Å². The Balaban J connectivity index is 3.12. The van der Waals surface area contributed by atoms with Gasteiger partial charge in [-0.25, -0.2) is 0 Å². The van der Waals surface area contributed by atoms with E-state index in [2.05, 4.69) is 5.32 Å². The first-order valence-corrected chi connectivity index (χ1v) is 3.53. The molecule has 0 spiro atoms. The molecule has 3 heteroatoms. The number of hydrogen-bond acceptors (Lipinski definition) is 2. The number of nitrogens with one attached hydrogen (secondary N) is 1. The van der Waals surface area contributed by atoms with Gasteiger partial charge in [-0.05, 0) is 18.2 Å². The lowest BCUT2D eigenvalue weighted by atomic mass is 10.2. The van der Waals surface area contributed by atoms with Gasteiger partial charge in [-0.3, -0.25) is 0 Å². The van der Waals surface area contributed by atoms with E-state index in [-0.39, 0.29) is 0 Å². The molecule has 56 valence electrons. The zero-order valence-electron chi connectivity index (χ0n) is 6.06. The fourth-order valence-corrected chi connectivity index (χ4v) is 0.984. The molecule has 0 unspecified atom stereocenters. The van der Waals surface area contributed by atoms with Gasteiger partial charge in [-0.15, -0.1) is 0 Å². The van der Waals surface area contributed by atoms with Crippen LogP contribution in [0.4, 0.5) is 5.69 Å². The summed E-state index contributed by atoms with van der Waals surface area (Å²) in [6.45, 7) is 0. The molecule has 0 heterocycles. The summed E-state index contributed by atoms with van der Waals surface area (Å²) >= 11 is 5.75. The molecule has 1 aromatic rings. The lowest BCUT2D eigenvalue weighted by Gasteiger charge is -1.99. The zero-order valence-corrected chi connectivity index (χ0v) is 6.81. The Morgan fingerprint density at radius 2 is 2.27 bits per heavy atom. The molecule has 11 heavy (non-hydrogen) atoms. The van der Waals surface area contributed by atoms with Gasteiger partial charge >= 0.3 is 0 Å². The van der Waals surface area contributed by atoms with E-state index in [0.717, 1.165) is 5.69 Å². The molecule has 0 aliphatic carbocycles. The van der Waals surface area contributed by atoms with E-state index in [0.29, 0.717) is 10.6 Å². The molecule has 0 saturated heterocycles. The average molecular weight is 167 g/mol. The molecule has 0 aromatic heterocycles. The third kappa shape index (κ3) is 1.63. The molecule has 0 saturated carbocycles. The summed E-state index contributed by atoms with van der Waals surface area (Å²) in [7, 11) is 1.80. The van der Waals surface area contributed by atoms with Crippen molar-refractivity contribution in [3.05, 3.63) is 28.8 Å². The highest BCUT2D eigenvalue weighted by Crippen LogP contribution is 2.19. The first kappa shape index (κ1) is 7.90. The van der Waals surface area contributed by atoms with Crippen molar-refractivity contribution in [2.75, 3.05) is 12.4 Å². The van der Waals surface area contributed by atoms with Gasteiger partial charge in [-0.1, -0.05) is 11.6 Å². The molecule has 0 radical (unpaired) electrons. The Hall–Kier alpha value is -1.20. The highest BCUT2D eigenvalue weighted by atomic mass is 35.5. The van der Waals surface area contributed by atoms with Gasteiger partial charge in [0.2, 0.25) is 0 Å². The average Bonchev–Trinajstić information content (AvgIpc) is 2.04. The summed E-state index contributed by atoms with van der Waals surface area (Å²) in [5.74, 6) is 0. The van der Waals surface area contributed by atoms with E-state index in [1.54, 1.807) is 19.2 Å². The standard InChI is InChI=1S/C8H7ClN2/c1-11-7-3-2-6(5-10)8(9)4-7/h2-4,11H,1H3. The van der Waals surface area contributed by atoms with Gasteiger partial charge in [0.15, 0.2) is 0 Å². The maximum absolute atomic E-state index is 8.53. The fraction of sp³-hybridized carbons (Fsp3) is 0.125. The molecule has 0 fully saturated rings. The maximum Gasteiger partial charge on any atom is 0.101 e. The maximum atomic E-state index is 8.53. The summed E-state index contributed by atoms with van der Waals surface area (Å²) in [6.07, 6.45) is 0. The van der Waals surface area contributed by atoms with Crippen molar-refractivity contribution in [2.24, 2.45) is 0 Å². The van der Waals surface area contributed by atoms with Crippen LogP contribution in [0.25, 0.3) is 0 Å². The van der Waals surface area contributed by atoms with Gasteiger partial charge in [0.1, 0.15) is 6.07 Å². The Morgan fingerprint density at radius 1 is 1.55 bits per heavy atom. The quantitative estimate of drug-likeness (QED) is 0.695. The monoisotopic (exact) mass is 166 g/mol. The molecule has 1 rings (SSSR count). The van der Waals surface area contributed by atoms with E-state index in [1.165, 1.54) is 0 Å². The second-order valence-corrected chi connectivity index (χ2v) is 2.46. The number of nitrogens with zero attached hydrogens (tertiary/aromatic N) is 1. The molecule has 0 aliphatic heterocycles. The largest absolute Gasteiger partial charge is 0.388 e. The molecule has 0 amide bonds. The summed E-state index contributed by atoms with van der Waals surface area (Å²) < 4.78 is 0. The number of benzene rings is 1. The van der Waals surface area contributed by atoms with E-state index in [4.69, 9.17) is 16.9 Å². The second kappa shape index (κ2) is 3.27. The minimum absolute atomic E-state index is 0.486. The SMILES string of the molecule is CNc1ccc(C#N)c(Cl)c1. The molecule has 2 nitrogen and oxygen atoms in total. The van der Waals surface area contributed by atoms with Crippen LogP contribution in [0.15, 0.2) is 18.2 Å². The number of anilines is 1. The van der Waals surface area contributed by atoms with E-state index in [1.807, 2.05) is 12.1 Å². The zero-order chi connectivity index (χ0) is 8.27. The molecular formula is C8H7ClN2. The van der Waals surface area contributed by atoms with Crippen molar-refractivity contribution in [1.29, 1.82) is 5.26 Å². The number of hydrogen-bond donors (Lipinski definition) is 1. The summed E-state index contributed by atoms with van der Waals surface area (Å²) in [6, 6.07) is 7.21. The topological polar surface area (TPSA) is 35.8 Å². The van der Waals surface area contributed by atoms with Crippen molar-refractivity contribution in [3.8, 4) is 6.07 Å². The van der Waals surface area contributed by atoms with Gasteiger partial charge < -0.3 is 5.32 Å². The number of rotatable bonds is 1. The molecule has 0 aliphatic rings. The van der Waals surface area contributed by atoms with Crippen LogP contribution < -0.4 is 5.32 Å². The smallest absolute Gasteiger partial charge is 0.101 e. The summed E-state index contributed by atoms with van der Waals surface area (Å²) in [5, 5.41) is 11.9. The molecule has 0 atom stereocenters. The molecular weight excluding hydrogens is 160 g/mol. The highest BCUT2D eigenvalue weighted by molar-refractivity contribution is 6.32. The molecule has 1 aromatic carbocycles. The lowest BCUT2D eigenvalue weighted by molar-refractivity contribution is 1.46. The first-order chi connectivity index (χ1) is 5.27. The number of nitriles is 1. The Kier molecular flexibility index (Phi) is 2.35. The highest BCUT2D eigenvalue weighted by Gasteiger charge is 1.98. The number of halogens is 1. The van der Waals surface area contributed by atoms with Crippen LogP contribution in [-0.4, -0.2) is 7.05 Å². The van der Waals surface area contributed by atoms with E-state index < -0.39 is 0 Å². The minimum atomic E-state index is 0.486. The van der Waals surface area contributed by atoms with Gasteiger partial charge in [0.05, 0.1) is 10.6 Å². The van der Waals surface area contributed by atoms with Gasteiger partial charge in [0.25, 0.3) is 0 Å². The first-order valence-electron chi connectivity index (χ1n) is 3.15. The van der Waals surface area contributed by atoms with Crippen LogP contribution in [0.2, 0.25) is 5.02 Å². The van der Waals surface area contributed by atoms with Crippen LogP contribution in [-0.2, 0) is 0 Å². The Morgan fingerprint density at radius 3 is 2.73 bits per heavy atom. The van der Waals surface area contributed by atoms with Crippen molar-refractivity contribution < 1.29 is 0 Å². The third-order valence-electron chi connectivity index (χ3n) is 1.38. The summed E-state index contributed by atoms with van der Waals surface area (Å²) in [5.41, 5.74) is 1.42. The Bertz CT molecular complexity index is 301. The van der Waals surface area contributed by atoms with Crippen LogP contribution in [0.5, 0.6) is 0 Å². The van der Waals surface area contributed by atoms with Crippen LogP contribution >= 0.6 is 11.6 Å². The van der Waals surface area contributed by atoms with Gasteiger partial charge in [-0.2, -0.15) is 5.26 Å². The molecule has 0 bridgehead atoms. The van der Waals surface area contributed by atoms with Crippen molar-refractivity contribution >= 4 is 17.3 Å². The predicted molar refractivity (Wildman–Crippen MR) is 45.7 cm³/mol. The van der Waals surface area contributed by atoms with E-state index in [9.17, 15) is 0 Å². The van der Waals surface area contributed by atoms with Gasteiger partial charge in [0, 0.05) is 12.7 Å².